The van der Waals surface area contributed by atoms with E-state index in [2.05, 4.69) is 4.98 Å². The molecule has 0 aliphatic heterocycles. The van der Waals surface area contributed by atoms with E-state index in [1.165, 1.54) is 0 Å². The molecule has 0 N–H and O–H groups in total. The average molecular weight is 200 g/mol. The maximum absolute atomic E-state index is 5.50. The lowest BCUT2D eigenvalue weighted by atomic mass is 10.3. The van der Waals surface area contributed by atoms with Crippen LogP contribution in [0.3, 0.4) is 0 Å². The molecule has 0 spiro atoms. The van der Waals surface area contributed by atoms with Crippen molar-refractivity contribution in [3.63, 3.8) is 0 Å². The molecule has 1 nitrogen and oxygen atoms in total. The first kappa shape index (κ1) is 12.7. The fourth-order valence-electron chi connectivity index (χ4n) is 0.472. The zero-order valence-corrected chi connectivity index (χ0v) is 7.55. The van der Waals surface area contributed by atoms with Crippen LogP contribution in [-0.4, -0.2) is 4.98 Å². The Morgan fingerprint density at radius 3 is 2.00 bits per heavy atom. The van der Waals surface area contributed by atoms with E-state index in [4.69, 9.17) is 11.6 Å². The summed E-state index contributed by atoms with van der Waals surface area (Å²) in [5, 5.41) is 0. The second kappa shape index (κ2) is 7.13. The molecule has 1 heterocycles. The highest BCUT2D eigenvalue weighted by atomic mass is 35.5. The van der Waals surface area contributed by atoms with Crippen LogP contribution >= 0.6 is 36.4 Å². The van der Waals surface area contributed by atoms with E-state index >= 15 is 0 Å². The number of alkyl halides is 1. The summed E-state index contributed by atoms with van der Waals surface area (Å²) < 4.78 is 0. The van der Waals surface area contributed by atoms with Gasteiger partial charge in [-0.05, 0) is 17.7 Å². The number of hydrogen-bond acceptors (Lipinski definition) is 1. The van der Waals surface area contributed by atoms with Crippen molar-refractivity contribution in [3.8, 4) is 0 Å². The van der Waals surface area contributed by atoms with Gasteiger partial charge < -0.3 is 0 Å². The van der Waals surface area contributed by atoms with E-state index in [0.717, 1.165) is 5.56 Å². The van der Waals surface area contributed by atoms with Gasteiger partial charge in [-0.3, -0.25) is 4.98 Å². The van der Waals surface area contributed by atoms with Crippen LogP contribution in [0.25, 0.3) is 0 Å². The largest absolute Gasteiger partial charge is 0.265 e. The van der Waals surface area contributed by atoms with Gasteiger partial charge >= 0.3 is 0 Å². The van der Waals surface area contributed by atoms with Crippen molar-refractivity contribution in [1.29, 1.82) is 0 Å². The zero-order valence-electron chi connectivity index (χ0n) is 5.16. The normalized spacial score (nSPS) is 7.30. The lowest BCUT2D eigenvalue weighted by Gasteiger charge is -1.87. The first-order valence-electron chi connectivity index (χ1n) is 2.38. The molecule has 0 saturated carbocycles. The fourth-order valence-corrected chi connectivity index (χ4v) is 0.650. The van der Waals surface area contributed by atoms with Crippen LogP contribution in [0.2, 0.25) is 0 Å². The van der Waals surface area contributed by atoms with E-state index in [-0.39, 0.29) is 24.8 Å². The number of aromatic nitrogens is 1. The van der Waals surface area contributed by atoms with Crippen LogP contribution in [0.5, 0.6) is 0 Å². The standard InChI is InChI=1S/C6H6ClN.2ClH/c7-5-6-1-3-8-4-2-6;;/h1-4H,5H2;2*1H. The lowest BCUT2D eigenvalue weighted by molar-refractivity contribution is 1.27. The molecule has 0 fully saturated rings. The van der Waals surface area contributed by atoms with Gasteiger partial charge in [0.1, 0.15) is 0 Å². The number of pyridine rings is 1. The van der Waals surface area contributed by atoms with Crippen molar-refractivity contribution in [1.82, 2.24) is 4.98 Å². The second-order valence-corrected chi connectivity index (χ2v) is 1.76. The summed E-state index contributed by atoms with van der Waals surface area (Å²) in [6.07, 6.45) is 3.47. The molecular weight excluding hydrogens is 192 g/mol. The summed E-state index contributed by atoms with van der Waals surface area (Å²) in [6, 6.07) is 3.79. The molecule has 0 bridgehead atoms. The summed E-state index contributed by atoms with van der Waals surface area (Å²) >= 11 is 5.50. The van der Waals surface area contributed by atoms with Crippen LogP contribution in [0.4, 0.5) is 0 Å². The van der Waals surface area contributed by atoms with Crippen molar-refractivity contribution in [3.05, 3.63) is 30.1 Å². The van der Waals surface area contributed by atoms with Gasteiger partial charge in [0.25, 0.3) is 0 Å². The highest BCUT2D eigenvalue weighted by Crippen LogP contribution is 1.98. The third-order valence-electron chi connectivity index (χ3n) is 0.904. The Bertz CT molecular complexity index is 154. The highest BCUT2D eigenvalue weighted by Gasteiger charge is 1.82. The number of halogens is 3. The number of hydrogen-bond donors (Lipinski definition) is 0. The minimum atomic E-state index is 0. The van der Waals surface area contributed by atoms with Gasteiger partial charge in [0.05, 0.1) is 0 Å². The first-order chi connectivity index (χ1) is 3.93. The van der Waals surface area contributed by atoms with Gasteiger partial charge in [-0.15, -0.1) is 36.4 Å². The molecule has 0 amide bonds. The molecule has 4 heteroatoms. The summed E-state index contributed by atoms with van der Waals surface area (Å²) in [4.78, 5) is 3.83. The summed E-state index contributed by atoms with van der Waals surface area (Å²) in [5.74, 6) is 0.572. The third-order valence-corrected chi connectivity index (χ3v) is 1.21. The van der Waals surface area contributed by atoms with Crippen molar-refractivity contribution in [2.24, 2.45) is 0 Å². The van der Waals surface area contributed by atoms with Crippen molar-refractivity contribution in [2.75, 3.05) is 0 Å². The molecule has 0 aliphatic carbocycles. The van der Waals surface area contributed by atoms with Crippen LogP contribution in [-0.2, 0) is 5.88 Å². The molecule has 1 rings (SSSR count). The molecule has 0 aromatic carbocycles. The van der Waals surface area contributed by atoms with Gasteiger partial charge in [0.15, 0.2) is 0 Å². The van der Waals surface area contributed by atoms with Gasteiger partial charge in [-0.1, -0.05) is 0 Å². The van der Waals surface area contributed by atoms with Crippen LogP contribution in [0.15, 0.2) is 24.5 Å². The molecule has 0 radical (unpaired) electrons. The average Bonchev–Trinajstić information content (AvgIpc) is 1.90. The van der Waals surface area contributed by atoms with Crippen molar-refractivity contribution in [2.45, 2.75) is 5.88 Å². The van der Waals surface area contributed by atoms with Crippen LogP contribution in [0.1, 0.15) is 5.56 Å². The summed E-state index contributed by atoms with van der Waals surface area (Å²) in [7, 11) is 0. The molecule has 0 unspecified atom stereocenters. The number of nitrogens with zero attached hydrogens (tertiary/aromatic N) is 1. The van der Waals surface area contributed by atoms with Crippen molar-refractivity contribution < 1.29 is 0 Å². The quantitative estimate of drug-likeness (QED) is 0.635. The zero-order chi connectivity index (χ0) is 5.82. The first-order valence-corrected chi connectivity index (χ1v) is 2.92. The van der Waals surface area contributed by atoms with E-state index in [9.17, 15) is 0 Å². The molecule has 0 saturated heterocycles. The predicted molar refractivity (Wildman–Crippen MR) is 48.3 cm³/mol. The summed E-state index contributed by atoms with van der Waals surface area (Å²) in [5.41, 5.74) is 1.11. The van der Waals surface area contributed by atoms with Gasteiger partial charge in [-0.25, -0.2) is 0 Å². The molecule has 1 aromatic heterocycles. The molecule has 58 valence electrons. The maximum Gasteiger partial charge on any atom is 0.0475 e. The Kier molecular flexibility index (Phi) is 9.04. The minimum Gasteiger partial charge on any atom is -0.265 e. The van der Waals surface area contributed by atoms with Gasteiger partial charge in [0.2, 0.25) is 0 Å². The molecule has 10 heavy (non-hydrogen) atoms. The Morgan fingerprint density at radius 1 is 1.20 bits per heavy atom. The minimum absolute atomic E-state index is 0. The Labute approximate surface area is 77.6 Å². The summed E-state index contributed by atoms with van der Waals surface area (Å²) in [6.45, 7) is 0. The Hall–Kier alpha value is 0.0200. The predicted octanol–water partition coefficient (Wildman–Crippen LogP) is 2.66. The van der Waals surface area contributed by atoms with Crippen molar-refractivity contribution >= 4 is 36.4 Å². The van der Waals surface area contributed by atoms with Gasteiger partial charge in [0, 0.05) is 18.3 Å². The topological polar surface area (TPSA) is 12.9 Å². The molecule has 1 aromatic rings. The van der Waals surface area contributed by atoms with E-state index in [0.29, 0.717) is 5.88 Å². The second-order valence-electron chi connectivity index (χ2n) is 1.49. The van der Waals surface area contributed by atoms with E-state index < -0.39 is 0 Å². The smallest absolute Gasteiger partial charge is 0.0475 e. The van der Waals surface area contributed by atoms with E-state index in [1.54, 1.807) is 12.4 Å². The van der Waals surface area contributed by atoms with Crippen LogP contribution < -0.4 is 0 Å². The lowest BCUT2D eigenvalue weighted by Crippen LogP contribution is -1.74. The van der Waals surface area contributed by atoms with E-state index in [1.807, 2.05) is 12.1 Å². The maximum atomic E-state index is 5.50. The highest BCUT2D eigenvalue weighted by molar-refractivity contribution is 6.17. The molecular formula is C6H8Cl3N. The van der Waals surface area contributed by atoms with Crippen LogP contribution in [0, 0.1) is 0 Å². The Balaban J connectivity index is 0. The number of rotatable bonds is 1. The van der Waals surface area contributed by atoms with Gasteiger partial charge in [-0.2, -0.15) is 0 Å². The monoisotopic (exact) mass is 199 g/mol. The SMILES string of the molecule is Cl.Cl.ClCc1ccncc1. The fraction of sp³-hybridized carbons (Fsp3) is 0.167. The Morgan fingerprint density at radius 2 is 1.70 bits per heavy atom. The molecule has 0 aliphatic rings. The third kappa shape index (κ3) is 3.94. The molecule has 0 atom stereocenters.